The number of aromatic nitrogens is 1. The Morgan fingerprint density at radius 1 is 1.25 bits per heavy atom. The van der Waals surface area contributed by atoms with Crippen molar-refractivity contribution in [3.8, 4) is 11.9 Å². The first kappa shape index (κ1) is 15.6. The van der Waals surface area contributed by atoms with E-state index in [1.165, 1.54) is 6.07 Å². The lowest BCUT2D eigenvalue weighted by Crippen LogP contribution is -2.00. The Bertz CT molecular complexity index is 606. The predicted molar refractivity (Wildman–Crippen MR) is 75.8 cm³/mol. The van der Waals surface area contributed by atoms with Crippen LogP contribution in [0.15, 0.2) is 36.4 Å². The molecule has 20 heavy (non-hydrogen) atoms. The van der Waals surface area contributed by atoms with Gasteiger partial charge in [0.2, 0.25) is 5.88 Å². The van der Waals surface area contributed by atoms with E-state index in [1.807, 2.05) is 39.0 Å². The molecule has 0 aliphatic rings. The number of nitrogens with zero attached hydrogens (tertiary/aromatic N) is 2. The van der Waals surface area contributed by atoms with E-state index in [0.717, 1.165) is 5.69 Å². The summed E-state index contributed by atoms with van der Waals surface area (Å²) in [6.45, 7) is 5.95. The third kappa shape index (κ3) is 4.36. The van der Waals surface area contributed by atoms with E-state index < -0.39 is 5.82 Å². The molecule has 0 radical (unpaired) electrons. The van der Waals surface area contributed by atoms with Crippen LogP contribution in [0.4, 0.5) is 4.39 Å². The molecule has 4 heteroatoms. The van der Waals surface area contributed by atoms with E-state index in [4.69, 9.17) is 10.00 Å². The van der Waals surface area contributed by atoms with Gasteiger partial charge in [-0.3, -0.25) is 0 Å². The van der Waals surface area contributed by atoms with Crippen molar-refractivity contribution in [2.75, 3.05) is 0 Å². The first-order valence-electron chi connectivity index (χ1n) is 6.44. The van der Waals surface area contributed by atoms with Crippen molar-refractivity contribution in [1.29, 1.82) is 5.26 Å². The van der Waals surface area contributed by atoms with Gasteiger partial charge in [0, 0.05) is 17.3 Å². The molecule has 1 aromatic carbocycles. The fraction of sp³-hybridized carbons (Fsp3) is 0.250. The van der Waals surface area contributed by atoms with E-state index in [9.17, 15) is 4.39 Å². The summed E-state index contributed by atoms with van der Waals surface area (Å²) in [5, 5.41) is 8.63. The summed E-state index contributed by atoms with van der Waals surface area (Å²) in [6, 6.07) is 11.6. The Labute approximate surface area is 118 Å². The van der Waals surface area contributed by atoms with Crippen molar-refractivity contribution in [3.05, 3.63) is 59.0 Å². The first-order chi connectivity index (χ1) is 9.69. The molecule has 0 N–H and O–H groups in total. The number of halogens is 1. The van der Waals surface area contributed by atoms with Gasteiger partial charge < -0.3 is 4.74 Å². The normalized spacial score (nSPS) is 9.15. The van der Waals surface area contributed by atoms with Crippen LogP contribution in [0, 0.1) is 24.1 Å². The molecule has 0 spiro atoms. The Morgan fingerprint density at radius 3 is 2.60 bits per heavy atom. The third-order valence-corrected chi connectivity index (χ3v) is 2.42. The number of benzene rings is 1. The second-order valence-electron chi connectivity index (χ2n) is 3.82. The van der Waals surface area contributed by atoms with Gasteiger partial charge in [-0.2, -0.15) is 5.26 Å². The number of hydrogen-bond donors (Lipinski definition) is 0. The third-order valence-electron chi connectivity index (χ3n) is 2.42. The SMILES string of the molecule is CC.Cc1cccc(OCc2ccc(C#N)cc2F)n1. The average molecular weight is 272 g/mol. The summed E-state index contributed by atoms with van der Waals surface area (Å²) < 4.78 is 19.0. The predicted octanol–water partition coefficient (Wildman–Crippen LogP) is 4.01. The minimum atomic E-state index is -0.443. The maximum absolute atomic E-state index is 13.6. The fourth-order valence-corrected chi connectivity index (χ4v) is 1.48. The average Bonchev–Trinajstić information content (AvgIpc) is 2.48. The molecular weight excluding hydrogens is 255 g/mol. The number of hydrogen-bond acceptors (Lipinski definition) is 3. The second-order valence-corrected chi connectivity index (χ2v) is 3.82. The summed E-state index contributed by atoms with van der Waals surface area (Å²) in [4.78, 5) is 4.15. The standard InChI is InChI=1S/C14H11FN2O.C2H6/c1-10-3-2-4-14(17-10)18-9-12-6-5-11(8-16)7-13(12)15;1-2/h2-7H,9H2,1H3;1-2H3. The monoisotopic (exact) mass is 272 g/mol. The van der Waals surface area contributed by atoms with E-state index in [2.05, 4.69) is 4.98 Å². The molecule has 0 atom stereocenters. The molecule has 2 aromatic rings. The summed E-state index contributed by atoms with van der Waals surface area (Å²) >= 11 is 0. The van der Waals surface area contributed by atoms with Crippen LogP contribution in [-0.2, 0) is 6.61 Å². The van der Waals surface area contributed by atoms with E-state index in [-0.39, 0.29) is 6.61 Å². The Balaban J connectivity index is 0.000000956. The molecule has 0 aliphatic carbocycles. The van der Waals surface area contributed by atoms with Crippen molar-refractivity contribution < 1.29 is 9.13 Å². The number of ether oxygens (including phenoxy) is 1. The van der Waals surface area contributed by atoms with Crippen LogP contribution in [0.2, 0.25) is 0 Å². The minimum Gasteiger partial charge on any atom is -0.473 e. The molecule has 0 bridgehead atoms. The largest absolute Gasteiger partial charge is 0.473 e. The molecule has 2 rings (SSSR count). The zero-order chi connectivity index (χ0) is 15.0. The minimum absolute atomic E-state index is 0.0913. The van der Waals surface area contributed by atoms with Crippen molar-refractivity contribution in [3.63, 3.8) is 0 Å². The van der Waals surface area contributed by atoms with Gasteiger partial charge in [0.1, 0.15) is 12.4 Å². The summed E-state index contributed by atoms with van der Waals surface area (Å²) in [5.41, 5.74) is 1.54. The zero-order valence-corrected chi connectivity index (χ0v) is 11.9. The molecule has 0 amide bonds. The maximum atomic E-state index is 13.6. The van der Waals surface area contributed by atoms with Crippen LogP contribution in [-0.4, -0.2) is 4.98 Å². The second kappa shape index (κ2) is 7.90. The topological polar surface area (TPSA) is 45.9 Å². The molecule has 0 saturated heterocycles. The number of pyridine rings is 1. The molecule has 0 fully saturated rings. The zero-order valence-electron chi connectivity index (χ0n) is 11.9. The molecule has 0 saturated carbocycles. The molecule has 1 heterocycles. The van der Waals surface area contributed by atoms with Crippen LogP contribution < -0.4 is 4.74 Å². The maximum Gasteiger partial charge on any atom is 0.213 e. The lowest BCUT2D eigenvalue weighted by molar-refractivity contribution is 0.287. The summed E-state index contributed by atoms with van der Waals surface area (Å²) in [7, 11) is 0. The highest BCUT2D eigenvalue weighted by Gasteiger charge is 2.05. The van der Waals surface area contributed by atoms with Crippen molar-refractivity contribution in [2.45, 2.75) is 27.4 Å². The Hall–Kier alpha value is -2.41. The summed E-state index contributed by atoms with van der Waals surface area (Å²) in [6.07, 6.45) is 0. The molecule has 104 valence electrons. The van der Waals surface area contributed by atoms with Crippen LogP contribution >= 0.6 is 0 Å². The Morgan fingerprint density at radius 2 is 2.00 bits per heavy atom. The lowest BCUT2D eigenvalue weighted by Gasteiger charge is -2.06. The molecule has 3 nitrogen and oxygen atoms in total. The quantitative estimate of drug-likeness (QED) is 0.848. The van der Waals surface area contributed by atoms with E-state index in [1.54, 1.807) is 18.2 Å². The van der Waals surface area contributed by atoms with Crippen LogP contribution in [0.3, 0.4) is 0 Å². The van der Waals surface area contributed by atoms with Crippen LogP contribution in [0.1, 0.15) is 30.7 Å². The van der Waals surface area contributed by atoms with Gasteiger partial charge in [-0.05, 0) is 25.1 Å². The number of rotatable bonds is 3. The van der Waals surface area contributed by atoms with Gasteiger partial charge in [0.15, 0.2) is 0 Å². The molecule has 0 unspecified atom stereocenters. The van der Waals surface area contributed by atoms with Crippen LogP contribution in [0.25, 0.3) is 0 Å². The number of nitriles is 1. The van der Waals surface area contributed by atoms with E-state index in [0.29, 0.717) is 17.0 Å². The fourth-order valence-electron chi connectivity index (χ4n) is 1.48. The first-order valence-corrected chi connectivity index (χ1v) is 6.44. The number of aryl methyl sites for hydroxylation is 1. The van der Waals surface area contributed by atoms with Gasteiger partial charge in [0.05, 0.1) is 11.6 Å². The van der Waals surface area contributed by atoms with E-state index >= 15 is 0 Å². The Kier molecular flexibility index (Phi) is 6.18. The molecular formula is C16H17FN2O. The van der Waals surface area contributed by atoms with Crippen molar-refractivity contribution in [2.24, 2.45) is 0 Å². The van der Waals surface area contributed by atoms with Gasteiger partial charge in [0.25, 0.3) is 0 Å². The smallest absolute Gasteiger partial charge is 0.213 e. The molecule has 0 aliphatic heterocycles. The lowest BCUT2D eigenvalue weighted by atomic mass is 10.1. The van der Waals surface area contributed by atoms with Gasteiger partial charge in [-0.15, -0.1) is 0 Å². The summed E-state index contributed by atoms with van der Waals surface area (Å²) in [5.74, 6) is 0.0143. The van der Waals surface area contributed by atoms with Gasteiger partial charge in [-0.1, -0.05) is 26.0 Å². The molecule has 1 aromatic heterocycles. The highest BCUT2D eigenvalue weighted by molar-refractivity contribution is 5.32. The highest BCUT2D eigenvalue weighted by Crippen LogP contribution is 2.14. The van der Waals surface area contributed by atoms with Crippen LogP contribution in [0.5, 0.6) is 5.88 Å². The van der Waals surface area contributed by atoms with Gasteiger partial charge >= 0.3 is 0 Å². The highest BCUT2D eigenvalue weighted by atomic mass is 19.1. The van der Waals surface area contributed by atoms with Crippen molar-refractivity contribution in [1.82, 2.24) is 4.98 Å². The van der Waals surface area contributed by atoms with Crippen molar-refractivity contribution >= 4 is 0 Å². The van der Waals surface area contributed by atoms with Gasteiger partial charge in [-0.25, -0.2) is 9.37 Å².